The Balaban J connectivity index is 1.04. The SMILES string of the molecule is N#Cc1ccc(-c2nc(-c3ccc(N4c5ccccc5Oc5ccccc54)cc3)nc(-c3ccc(N4c5ccccc5Sc5ccccc54)cc3)n2)cc1. The van der Waals surface area contributed by atoms with E-state index in [-0.39, 0.29) is 0 Å². The van der Waals surface area contributed by atoms with Crippen LogP contribution in [0.25, 0.3) is 34.2 Å². The zero-order chi connectivity index (χ0) is 36.0. The highest BCUT2D eigenvalue weighted by Crippen LogP contribution is 2.52. The Morgan fingerprint density at radius 2 is 0.796 bits per heavy atom. The number of anilines is 6. The Labute approximate surface area is 316 Å². The summed E-state index contributed by atoms with van der Waals surface area (Å²) >= 11 is 1.79. The molecule has 0 N–H and O–H groups in total. The molecule has 2 aliphatic rings. The minimum absolute atomic E-state index is 0.527. The van der Waals surface area contributed by atoms with Gasteiger partial charge in [0.1, 0.15) is 0 Å². The molecule has 0 saturated heterocycles. The van der Waals surface area contributed by atoms with Crippen molar-refractivity contribution >= 4 is 45.9 Å². The van der Waals surface area contributed by atoms with Gasteiger partial charge >= 0.3 is 0 Å². The summed E-state index contributed by atoms with van der Waals surface area (Å²) < 4.78 is 6.23. The van der Waals surface area contributed by atoms with Gasteiger partial charge in [-0.3, -0.25) is 0 Å². The Bertz CT molecular complexity index is 2490. The normalized spacial score (nSPS) is 12.4. The van der Waals surface area contributed by atoms with Crippen LogP contribution in [-0.2, 0) is 0 Å². The number of hydrogen-bond donors (Lipinski definition) is 0. The van der Waals surface area contributed by atoms with Crippen molar-refractivity contribution in [2.45, 2.75) is 9.79 Å². The second-order valence-electron chi connectivity index (χ2n) is 12.8. The number of aromatic nitrogens is 3. The second kappa shape index (κ2) is 13.1. The van der Waals surface area contributed by atoms with Crippen molar-refractivity contribution in [2.24, 2.45) is 0 Å². The monoisotopic (exact) mass is 712 g/mol. The van der Waals surface area contributed by atoms with Crippen LogP contribution in [-0.4, -0.2) is 15.0 Å². The summed E-state index contributed by atoms with van der Waals surface area (Å²) in [6, 6.07) is 59.3. The third kappa shape index (κ3) is 5.52. The van der Waals surface area contributed by atoms with E-state index in [0.29, 0.717) is 23.0 Å². The topological polar surface area (TPSA) is 78.2 Å². The van der Waals surface area contributed by atoms with Gasteiger partial charge in [-0.1, -0.05) is 60.3 Å². The predicted octanol–water partition coefficient (Wildman–Crippen LogP) is 12.3. The fourth-order valence-corrected chi connectivity index (χ4v) is 8.00. The number of hydrogen-bond acceptors (Lipinski definition) is 8. The average Bonchev–Trinajstić information content (AvgIpc) is 3.24. The quantitative estimate of drug-likeness (QED) is 0.174. The Morgan fingerprint density at radius 3 is 1.24 bits per heavy atom. The minimum Gasteiger partial charge on any atom is -0.453 e. The number of nitrogens with zero attached hydrogens (tertiary/aromatic N) is 6. The van der Waals surface area contributed by atoms with E-state index in [9.17, 15) is 5.26 Å². The van der Waals surface area contributed by atoms with E-state index in [0.717, 1.165) is 62.3 Å². The second-order valence-corrected chi connectivity index (χ2v) is 13.9. The van der Waals surface area contributed by atoms with E-state index in [2.05, 4.69) is 113 Å². The number of fused-ring (bicyclic) bond motifs is 4. The van der Waals surface area contributed by atoms with Gasteiger partial charge in [0.2, 0.25) is 0 Å². The van der Waals surface area contributed by atoms with Crippen LogP contribution in [0, 0.1) is 11.3 Å². The van der Waals surface area contributed by atoms with E-state index in [1.54, 1.807) is 23.9 Å². The van der Waals surface area contributed by atoms with E-state index in [4.69, 9.17) is 19.7 Å². The van der Waals surface area contributed by atoms with Gasteiger partial charge in [-0.15, -0.1) is 0 Å². The molecular formula is C46H28N6OS. The van der Waals surface area contributed by atoms with Crippen molar-refractivity contribution in [2.75, 3.05) is 9.80 Å². The molecular weight excluding hydrogens is 685 g/mol. The third-order valence-corrected chi connectivity index (χ3v) is 10.7. The number of benzene rings is 7. The molecule has 0 radical (unpaired) electrons. The van der Waals surface area contributed by atoms with Gasteiger partial charge in [-0.25, -0.2) is 15.0 Å². The minimum atomic E-state index is 0.527. The van der Waals surface area contributed by atoms with Crippen LogP contribution in [0.5, 0.6) is 11.5 Å². The van der Waals surface area contributed by atoms with Gasteiger partial charge in [0.25, 0.3) is 0 Å². The molecule has 254 valence electrons. The van der Waals surface area contributed by atoms with Crippen LogP contribution in [0.4, 0.5) is 34.1 Å². The molecule has 1 aromatic heterocycles. The lowest BCUT2D eigenvalue weighted by Crippen LogP contribution is -2.15. The highest BCUT2D eigenvalue weighted by Gasteiger charge is 2.26. The summed E-state index contributed by atoms with van der Waals surface area (Å²) in [4.78, 5) is 21.9. The molecule has 10 rings (SSSR count). The molecule has 0 saturated carbocycles. The van der Waals surface area contributed by atoms with Crippen molar-refractivity contribution in [3.05, 3.63) is 175 Å². The van der Waals surface area contributed by atoms with E-state index >= 15 is 0 Å². The number of ether oxygens (including phenoxy) is 1. The van der Waals surface area contributed by atoms with E-state index in [1.165, 1.54) is 9.79 Å². The van der Waals surface area contributed by atoms with Crippen molar-refractivity contribution in [1.82, 2.24) is 15.0 Å². The average molecular weight is 713 g/mol. The zero-order valence-corrected chi connectivity index (χ0v) is 29.5. The van der Waals surface area contributed by atoms with Crippen molar-refractivity contribution in [3.63, 3.8) is 0 Å². The van der Waals surface area contributed by atoms with Crippen LogP contribution in [0.3, 0.4) is 0 Å². The van der Waals surface area contributed by atoms with Crippen molar-refractivity contribution in [3.8, 4) is 51.7 Å². The van der Waals surface area contributed by atoms with Crippen LogP contribution < -0.4 is 14.5 Å². The third-order valence-electron chi connectivity index (χ3n) is 9.54. The molecule has 54 heavy (non-hydrogen) atoms. The standard InChI is InChI=1S/C46H28N6OS/c47-29-30-17-19-31(20-18-30)44-48-45(32-21-25-34(26-22-32)51-36-9-1-5-13-40(36)53-41-14-6-2-10-37(41)51)50-46(49-44)33-23-27-35(28-24-33)52-38-11-3-7-15-42(38)54-43-16-8-4-12-39(43)52/h1-28H. The summed E-state index contributed by atoms with van der Waals surface area (Å²) in [5.74, 6) is 3.23. The number of para-hydroxylation sites is 6. The van der Waals surface area contributed by atoms with Gasteiger partial charge in [-0.05, 0) is 121 Å². The van der Waals surface area contributed by atoms with Crippen LogP contribution in [0.1, 0.15) is 5.56 Å². The highest BCUT2D eigenvalue weighted by molar-refractivity contribution is 7.99. The molecule has 7 aromatic carbocycles. The van der Waals surface area contributed by atoms with Crippen molar-refractivity contribution in [1.29, 1.82) is 5.26 Å². The molecule has 3 heterocycles. The lowest BCUT2D eigenvalue weighted by Gasteiger charge is -2.32. The Morgan fingerprint density at radius 1 is 0.426 bits per heavy atom. The summed E-state index contributed by atoms with van der Waals surface area (Å²) in [6.07, 6.45) is 0. The summed E-state index contributed by atoms with van der Waals surface area (Å²) in [5, 5.41) is 9.43. The van der Waals surface area contributed by atoms with Crippen molar-refractivity contribution < 1.29 is 4.74 Å². The maximum atomic E-state index is 9.43. The molecule has 0 aliphatic carbocycles. The molecule has 0 unspecified atom stereocenters. The molecule has 8 heteroatoms. The van der Waals surface area contributed by atoms with Gasteiger partial charge < -0.3 is 14.5 Å². The van der Waals surface area contributed by atoms with Gasteiger partial charge in [0.15, 0.2) is 29.0 Å². The van der Waals surface area contributed by atoms with E-state index in [1.807, 2.05) is 60.7 Å². The summed E-state index contributed by atoms with van der Waals surface area (Å²) in [6.45, 7) is 0. The maximum absolute atomic E-state index is 9.43. The summed E-state index contributed by atoms with van der Waals surface area (Å²) in [7, 11) is 0. The molecule has 0 amide bonds. The first-order chi connectivity index (χ1) is 26.7. The molecule has 7 nitrogen and oxygen atoms in total. The number of rotatable bonds is 5. The van der Waals surface area contributed by atoms with Gasteiger partial charge in [0.05, 0.1) is 34.4 Å². The molecule has 2 aliphatic heterocycles. The molecule has 0 spiro atoms. The molecule has 0 atom stereocenters. The maximum Gasteiger partial charge on any atom is 0.164 e. The highest BCUT2D eigenvalue weighted by atomic mass is 32.2. The van der Waals surface area contributed by atoms with Gasteiger partial charge in [0, 0.05) is 37.9 Å². The Hall–Kier alpha value is -7.21. The fourth-order valence-electron chi connectivity index (χ4n) is 6.94. The fraction of sp³-hybridized carbons (Fsp3) is 0. The lowest BCUT2D eigenvalue weighted by molar-refractivity contribution is 0.477. The first-order valence-corrected chi connectivity index (χ1v) is 18.3. The molecule has 8 aromatic rings. The Kier molecular flexibility index (Phi) is 7.64. The first-order valence-electron chi connectivity index (χ1n) is 17.5. The molecule has 0 fully saturated rings. The summed E-state index contributed by atoms with van der Waals surface area (Å²) in [5.41, 5.74) is 9.34. The smallest absolute Gasteiger partial charge is 0.164 e. The molecule has 0 bridgehead atoms. The van der Waals surface area contributed by atoms with Crippen LogP contribution in [0.15, 0.2) is 180 Å². The van der Waals surface area contributed by atoms with Gasteiger partial charge in [-0.2, -0.15) is 5.26 Å². The lowest BCUT2D eigenvalue weighted by atomic mass is 10.1. The van der Waals surface area contributed by atoms with Crippen LogP contribution >= 0.6 is 11.8 Å². The van der Waals surface area contributed by atoms with E-state index < -0.39 is 0 Å². The van der Waals surface area contributed by atoms with Crippen LogP contribution in [0.2, 0.25) is 0 Å². The zero-order valence-electron chi connectivity index (χ0n) is 28.7. The largest absolute Gasteiger partial charge is 0.453 e. The number of nitriles is 1. The first kappa shape index (κ1) is 31.5. The predicted molar refractivity (Wildman–Crippen MR) is 214 cm³/mol.